The van der Waals surface area contributed by atoms with E-state index in [2.05, 4.69) is 6.07 Å². The van der Waals surface area contributed by atoms with Crippen LogP contribution in [-0.2, 0) is 6.42 Å². The molecule has 108 valence electrons. The van der Waals surface area contributed by atoms with E-state index in [0.29, 0.717) is 11.2 Å². The Kier molecular flexibility index (Phi) is 2.85. The van der Waals surface area contributed by atoms with Gasteiger partial charge in [-0.1, -0.05) is 12.1 Å². The summed E-state index contributed by atoms with van der Waals surface area (Å²) >= 11 is 0. The largest absolute Gasteiger partial charge is 0.508 e. The van der Waals surface area contributed by atoms with Crippen molar-refractivity contribution >= 4 is 0 Å². The third kappa shape index (κ3) is 2.05. The van der Waals surface area contributed by atoms with Gasteiger partial charge in [-0.05, 0) is 85.8 Å². The van der Waals surface area contributed by atoms with Crippen LogP contribution >= 0.6 is 0 Å². The lowest BCUT2D eigenvalue weighted by atomic mass is 9.47. The minimum atomic E-state index is 0.262. The van der Waals surface area contributed by atoms with Gasteiger partial charge in [0.15, 0.2) is 0 Å². The molecule has 4 fully saturated rings. The van der Waals surface area contributed by atoms with Gasteiger partial charge in [0, 0.05) is 6.04 Å². The molecule has 4 aliphatic carbocycles. The molecule has 0 saturated heterocycles. The molecule has 1 atom stereocenters. The summed E-state index contributed by atoms with van der Waals surface area (Å²) in [5, 5.41) is 9.62. The monoisotopic (exact) mass is 271 g/mol. The van der Waals surface area contributed by atoms with Crippen molar-refractivity contribution in [3.63, 3.8) is 0 Å². The summed E-state index contributed by atoms with van der Waals surface area (Å²) in [5.41, 5.74) is 8.26. The van der Waals surface area contributed by atoms with E-state index in [1.807, 2.05) is 12.1 Å². The van der Waals surface area contributed by atoms with Crippen LogP contribution in [-0.4, -0.2) is 11.1 Å². The van der Waals surface area contributed by atoms with Crippen LogP contribution in [0.1, 0.15) is 44.1 Å². The number of phenolic OH excluding ortho intramolecular Hbond substituents is 1. The molecule has 4 bridgehead atoms. The summed E-state index contributed by atoms with van der Waals surface area (Å²) < 4.78 is 0. The fraction of sp³-hybridized carbons (Fsp3) is 0.667. The molecular weight excluding hydrogens is 246 g/mol. The van der Waals surface area contributed by atoms with Crippen LogP contribution in [0.15, 0.2) is 24.3 Å². The molecule has 0 aromatic heterocycles. The predicted molar refractivity (Wildman–Crippen MR) is 80.4 cm³/mol. The first kappa shape index (κ1) is 12.7. The number of nitrogens with two attached hydrogens (primary N) is 1. The van der Waals surface area contributed by atoms with Crippen LogP contribution in [0.25, 0.3) is 0 Å². The second-order valence-electron chi connectivity index (χ2n) is 7.76. The molecule has 0 spiro atoms. The highest BCUT2D eigenvalue weighted by molar-refractivity contribution is 5.28. The zero-order chi connectivity index (χ0) is 13.7. The van der Waals surface area contributed by atoms with Crippen LogP contribution in [0, 0.1) is 23.2 Å². The summed E-state index contributed by atoms with van der Waals surface area (Å²) in [6, 6.07) is 7.90. The van der Waals surface area contributed by atoms with Gasteiger partial charge in [0.05, 0.1) is 0 Å². The highest BCUT2D eigenvalue weighted by Gasteiger charge is 2.53. The second kappa shape index (κ2) is 4.49. The van der Waals surface area contributed by atoms with Crippen LogP contribution in [0.5, 0.6) is 5.75 Å². The Balaban J connectivity index is 1.54. The number of hydrogen-bond donors (Lipinski definition) is 2. The maximum Gasteiger partial charge on any atom is 0.115 e. The van der Waals surface area contributed by atoms with E-state index in [1.54, 1.807) is 6.07 Å². The summed E-state index contributed by atoms with van der Waals surface area (Å²) in [6.07, 6.45) is 9.41. The predicted octanol–water partition coefficient (Wildman–Crippen LogP) is 3.48. The number of benzene rings is 1. The molecule has 1 aromatic rings. The number of phenols is 1. The lowest BCUT2D eigenvalue weighted by Crippen LogP contribution is -2.55. The van der Waals surface area contributed by atoms with Gasteiger partial charge in [-0.25, -0.2) is 0 Å². The highest BCUT2D eigenvalue weighted by atomic mass is 16.3. The van der Waals surface area contributed by atoms with Gasteiger partial charge in [0.1, 0.15) is 5.75 Å². The molecule has 1 unspecified atom stereocenters. The zero-order valence-corrected chi connectivity index (χ0v) is 12.1. The Hall–Kier alpha value is -1.02. The maximum absolute atomic E-state index is 9.62. The Labute approximate surface area is 121 Å². The minimum Gasteiger partial charge on any atom is -0.508 e. The SMILES string of the molecule is NC(Cc1cccc(O)c1)C12CC3CC(CC(C3)C1)C2. The Morgan fingerprint density at radius 3 is 2.25 bits per heavy atom. The van der Waals surface area contributed by atoms with E-state index in [9.17, 15) is 5.11 Å². The maximum atomic E-state index is 9.62. The second-order valence-corrected chi connectivity index (χ2v) is 7.76. The van der Waals surface area contributed by atoms with Crippen molar-refractivity contribution in [2.24, 2.45) is 28.9 Å². The van der Waals surface area contributed by atoms with E-state index >= 15 is 0 Å². The van der Waals surface area contributed by atoms with Crippen LogP contribution < -0.4 is 5.73 Å². The zero-order valence-electron chi connectivity index (χ0n) is 12.1. The molecule has 0 heterocycles. The summed E-state index contributed by atoms with van der Waals surface area (Å²) in [7, 11) is 0. The van der Waals surface area contributed by atoms with Crippen LogP contribution in [0.4, 0.5) is 0 Å². The summed E-state index contributed by atoms with van der Waals surface area (Å²) in [6.45, 7) is 0. The van der Waals surface area contributed by atoms with Crippen molar-refractivity contribution in [1.29, 1.82) is 0 Å². The molecule has 4 aliphatic rings. The van der Waals surface area contributed by atoms with Crippen molar-refractivity contribution < 1.29 is 5.11 Å². The molecule has 2 nitrogen and oxygen atoms in total. The highest BCUT2D eigenvalue weighted by Crippen LogP contribution is 2.61. The van der Waals surface area contributed by atoms with Crippen molar-refractivity contribution in [3.8, 4) is 5.75 Å². The molecule has 5 rings (SSSR count). The molecule has 2 heteroatoms. The first-order chi connectivity index (χ1) is 9.63. The van der Waals surface area contributed by atoms with Gasteiger partial charge < -0.3 is 10.8 Å². The number of hydrogen-bond acceptors (Lipinski definition) is 2. The van der Waals surface area contributed by atoms with Gasteiger partial charge in [0.25, 0.3) is 0 Å². The molecule has 3 N–H and O–H groups in total. The topological polar surface area (TPSA) is 46.2 Å². The summed E-state index contributed by atoms with van der Waals surface area (Å²) in [4.78, 5) is 0. The van der Waals surface area contributed by atoms with Gasteiger partial charge >= 0.3 is 0 Å². The van der Waals surface area contributed by atoms with Gasteiger partial charge in [0.2, 0.25) is 0 Å². The van der Waals surface area contributed by atoms with Crippen LogP contribution in [0.3, 0.4) is 0 Å². The summed E-state index contributed by atoms with van der Waals surface area (Å²) in [5.74, 6) is 3.23. The van der Waals surface area contributed by atoms with E-state index in [0.717, 1.165) is 24.2 Å². The minimum absolute atomic E-state index is 0.262. The Morgan fingerprint density at radius 1 is 1.10 bits per heavy atom. The van der Waals surface area contributed by atoms with Gasteiger partial charge in [-0.2, -0.15) is 0 Å². The Morgan fingerprint density at radius 2 is 1.70 bits per heavy atom. The molecule has 0 radical (unpaired) electrons. The first-order valence-electron chi connectivity index (χ1n) is 8.16. The fourth-order valence-electron chi connectivity index (χ4n) is 5.79. The molecule has 4 saturated carbocycles. The smallest absolute Gasteiger partial charge is 0.115 e. The van der Waals surface area contributed by atoms with Crippen LogP contribution in [0.2, 0.25) is 0 Å². The van der Waals surface area contributed by atoms with Crippen molar-refractivity contribution in [2.45, 2.75) is 51.0 Å². The van der Waals surface area contributed by atoms with E-state index in [-0.39, 0.29) is 6.04 Å². The van der Waals surface area contributed by atoms with Crippen molar-refractivity contribution in [3.05, 3.63) is 29.8 Å². The van der Waals surface area contributed by atoms with E-state index < -0.39 is 0 Å². The first-order valence-corrected chi connectivity index (χ1v) is 8.16. The average Bonchev–Trinajstić information content (AvgIpc) is 2.37. The Bertz CT molecular complexity index is 475. The normalized spacial score (nSPS) is 40.0. The lowest BCUT2D eigenvalue weighted by molar-refractivity contribution is -0.0667. The quantitative estimate of drug-likeness (QED) is 0.884. The van der Waals surface area contributed by atoms with Gasteiger partial charge in [-0.15, -0.1) is 0 Å². The average molecular weight is 271 g/mol. The number of aromatic hydroxyl groups is 1. The molecule has 0 amide bonds. The van der Waals surface area contributed by atoms with E-state index in [1.165, 1.54) is 44.1 Å². The standard InChI is InChI=1S/C18H25NO/c19-17(8-12-2-1-3-16(20)7-12)18-9-13-4-14(10-18)6-15(5-13)11-18/h1-3,7,13-15,17,20H,4-6,8-11,19H2. The van der Waals surface area contributed by atoms with E-state index in [4.69, 9.17) is 5.73 Å². The molecule has 1 aromatic carbocycles. The van der Waals surface area contributed by atoms with Gasteiger partial charge in [-0.3, -0.25) is 0 Å². The molecule has 20 heavy (non-hydrogen) atoms. The molecule has 0 aliphatic heterocycles. The lowest BCUT2D eigenvalue weighted by Gasteiger charge is -2.59. The van der Waals surface area contributed by atoms with Crippen molar-refractivity contribution in [1.82, 2.24) is 0 Å². The molecular formula is C18H25NO. The fourth-order valence-corrected chi connectivity index (χ4v) is 5.79. The third-order valence-corrected chi connectivity index (χ3v) is 6.24. The third-order valence-electron chi connectivity index (χ3n) is 6.24. The van der Waals surface area contributed by atoms with Crippen molar-refractivity contribution in [2.75, 3.05) is 0 Å². The number of rotatable bonds is 3.